The topological polar surface area (TPSA) is 75.7 Å². The van der Waals surface area contributed by atoms with E-state index in [0.29, 0.717) is 6.54 Å². The first-order valence-electron chi connectivity index (χ1n) is 8.85. The number of nitrogens with zero attached hydrogens (tertiary/aromatic N) is 1. The molecule has 1 aliphatic heterocycles. The lowest BCUT2D eigenvalue weighted by atomic mass is 9.81. The van der Waals surface area contributed by atoms with Crippen molar-refractivity contribution < 1.29 is 19.1 Å². The zero-order valence-corrected chi connectivity index (χ0v) is 14.5. The van der Waals surface area contributed by atoms with Crippen LogP contribution in [0.1, 0.15) is 37.7 Å². The van der Waals surface area contributed by atoms with Crippen molar-refractivity contribution in [3.63, 3.8) is 0 Å². The van der Waals surface area contributed by atoms with E-state index in [2.05, 4.69) is 5.32 Å². The van der Waals surface area contributed by atoms with Gasteiger partial charge in [-0.05, 0) is 18.9 Å². The van der Waals surface area contributed by atoms with Gasteiger partial charge in [-0.15, -0.1) is 0 Å². The average Bonchev–Trinajstić information content (AvgIpc) is 2.89. The predicted molar refractivity (Wildman–Crippen MR) is 91.6 cm³/mol. The molecular formula is C19H24N2O4. The summed E-state index contributed by atoms with van der Waals surface area (Å²) in [6, 6.07) is 7.48. The lowest BCUT2D eigenvalue weighted by molar-refractivity contribution is -0.140. The molecule has 1 heterocycles. The number of hydrogen-bond acceptors (Lipinski definition) is 4. The van der Waals surface area contributed by atoms with Gasteiger partial charge in [-0.25, -0.2) is 0 Å². The Bertz CT molecular complexity index is 649. The second-order valence-electron chi connectivity index (χ2n) is 6.66. The van der Waals surface area contributed by atoms with Gasteiger partial charge in [0, 0.05) is 25.1 Å². The Morgan fingerprint density at radius 2 is 1.80 bits per heavy atom. The van der Waals surface area contributed by atoms with Crippen LogP contribution < -0.4 is 10.1 Å². The van der Waals surface area contributed by atoms with Crippen molar-refractivity contribution in [3.8, 4) is 5.75 Å². The first-order chi connectivity index (χ1) is 12.1. The third-order valence-electron chi connectivity index (χ3n) is 5.16. The quantitative estimate of drug-likeness (QED) is 0.800. The highest BCUT2D eigenvalue weighted by Gasteiger charge is 2.47. The Balaban J connectivity index is 1.50. The van der Waals surface area contributed by atoms with Crippen LogP contribution in [0, 0.1) is 11.8 Å². The molecule has 3 amide bonds. The Morgan fingerprint density at radius 3 is 2.44 bits per heavy atom. The van der Waals surface area contributed by atoms with Crippen molar-refractivity contribution >= 4 is 17.7 Å². The number of carbonyl (C=O) groups is 3. The zero-order chi connectivity index (χ0) is 17.8. The van der Waals surface area contributed by atoms with Crippen LogP contribution >= 0.6 is 0 Å². The fourth-order valence-electron chi connectivity index (χ4n) is 3.80. The number of imide groups is 1. The van der Waals surface area contributed by atoms with Gasteiger partial charge in [0.25, 0.3) is 0 Å². The molecule has 0 unspecified atom stereocenters. The minimum absolute atomic E-state index is 0.0905. The summed E-state index contributed by atoms with van der Waals surface area (Å²) in [5, 5.41) is 2.82. The lowest BCUT2D eigenvalue weighted by Gasteiger charge is -2.19. The third-order valence-corrected chi connectivity index (χ3v) is 5.16. The summed E-state index contributed by atoms with van der Waals surface area (Å²) in [5.74, 6) is 0.0494. The lowest BCUT2D eigenvalue weighted by Crippen LogP contribution is -2.35. The monoisotopic (exact) mass is 344 g/mol. The maximum Gasteiger partial charge on any atom is 0.233 e. The molecule has 2 atom stereocenters. The molecule has 0 radical (unpaired) electrons. The number of rotatable bonds is 6. The zero-order valence-electron chi connectivity index (χ0n) is 14.5. The van der Waals surface area contributed by atoms with Crippen LogP contribution in [0.15, 0.2) is 24.3 Å². The second-order valence-corrected chi connectivity index (χ2v) is 6.66. The Labute approximate surface area is 147 Å². The summed E-state index contributed by atoms with van der Waals surface area (Å²) in [4.78, 5) is 38.2. The largest absolute Gasteiger partial charge is 0.496 e. The van der Waals surface area contributed by atoms with Crippen molar-refractivity contribution in [1.29, 1.82) is 0 Å². The minimum atomic E-state index is -0.179. The molecule has 0 spiro atoms. The van der Waals surface area contributed by atoms with Crippen molar-refractivity contribution in [2.45, 2.75) is 38.6 Å². The molecule has 1 aromatic rings. The summed E-state index contributed by atoms with van der Waals surface area (Å²) in [5.41, 5.74) is 0.887. The van der Waals surface area contributed by atoms with Crippen LogP contribution in [0.25, 0.3) is 0 Å². The Kier molecular flexibility index (Phi) is 5.36. The van der Waals surface area contributed by atoms with Crippen LogP contribution in [0.2, 0.25) is 0 Å². The number of hydrogen-bond donors (Lipinski definition) is 1. The number of fused-ring (bicyclic) bond motifs is 1. The number of carbonyl (C=O) groups excluding carboxylic acids is 3. The van der Waals surface area contributed by atoms with Crippen molar-refractivity contribution in [3.05, 3.63) is 29.8 Å². The second kappa shape index (κ2) is 7.68. The highest BCUT2D eigenvalue weighted by Crippen LogP contribution is 2.37. The van der Waals surface area contributed by atoms with E-state index in [-0.39, 0.29) is 42.5 Å². The first kappa shape index (κ1) is 17.5. The average molecular weight is 344 g/mol. The molecule has 1 saturated carbocycles. The molecule has 6 heteroatoms. The smallest absolute Gasteiger partial charge is 0.233 e. The van der Waals surface area contributed by atoms with E-state index in [1.807, 2.05) is 24.3 Å². The molecular weight excluding hydrogens is 320 g/mol. The van der Waals surface area contributed by atoms with Crippen LogP contribution in [0.5, 0.6) is 5.75 Å². The molecule has 2 aliphatic rings. The van der Waals surface area contributed by atoms with Gasteiger partial charge in [0.1, 0.15) is 5.75 Å². The first-order valence-corrected chi connectivity index (χ1v) is 8.85. The van der Waals surface area contributed by atoms with Gasteiger partial charge < -0.3 is 10.1 Å². The van der Waals surface area contributed by atoms with Gasteiger partial charge in [-0.2, -0.15) is 0 Å². The van der Waals surface area contributed by atoms with E-state index in [1.165, 1.54) is 4.90 Å². The molecule has 0 bridgehead atoms. The van der Waals surface area contributed by atoms with Crippen LogP contribution in [-0.4, -0.2) is 36.3 Å². The Hall–Kier alpha value is -2.37. The number of methoxy groups -OCH3 is 1. The van der Waals surface area contributed by atoms with Crippen LogP contribution in [0.4, 0.5) is 0 Å². The normalized spacial score (nSPS) is 22.7. The predicted octanol–water partition coefficient (Wildman–Crippen LogP) is 1.88. The number of nitrogens with one attached hydrogen (secondary N) is 1. The van der Waals surface area contributed by atoms with Crippen LogP contribution in [-0.2, 0) is 20.9 Å². The molecule has 1 aliphatic carbocycles. The number of para-hydroxylation sites is 1. The molecule has 6 nitrogen and oxygen atoms in total. The summed E-state index contributed by atoms with van der Waals surface area (Å²) in [6.07, 6.45) is 3.74. The SMILES string of the molecule is COc1ccccc1CNC(=O)CCN1C(=O)[C@@H]2CCCC[C@H]2C1=O. The van der Waals surface area contributed by atoms with E-state index < -0.39 is 0 Å². The highest BCUT2D eigenvalue weighted by molar-refractivity contribution is 6.05. The molecule has 1 saturated heterocycles. The van der Waals surface area contributed by atoms with E-state index >= 15 is 0 Å². The highest BCUT2D eigenvalue weighted by atomic mass is 16.5. The maximum atomic E-state index is 12.4. The van der Waals surface area contributed by atoms with E-state index in [4.69, 9.17) is 4.74 Å². The molecule has 134 valence electrons. The molecule has 25 heavy (non-hydrogen) atoms. The molecule has 1 aromatic carbocycles. The maximum absolute atomic E-state index is 12.4. The van der Waals surface area contributed by atoms with Crippen LogP contribution in [0.3, 0.4) is 0 Å². The summed E-state index contributed by atoms with van der Waals surface area (Å²) in [6.45, 7) is 0.526. The molecule has 0 aromatic heterocycles. The summed E-state index contributed by atoms with van der Waals surface area (Å²) >= 11 is 0. The number of ether oxygens (including phenoxy) is 1. The molecule has 1 N–H and O–H groups in total. The van der Waals surface area contributed by atoms with Gasteiger partial charge in [0.05, 0.1) is 18.9 Å². The fourth-order valence-corrected chi connectivity index (χ4v) is 3.80. The standard InChI is InChI=1S/C19H24N2O4/c1-25-16-9-5-2-6-13(16)12-20-17(22)10-11-21-18(23)14-7-3-4-8-15(14)19(21)24/h2,5-6,9,14-15H,3-4,7-8,10-12H2,1H3,(H,20,22)/t14-,15-/m1/s1. The van der Waals surface area contributed by atoms with E-state index in [9.17, 15) is 14.4 Å². The molecule has 3 rings (SSSR count). The van der Waals surface area contributed by atoms with Gasteiger partial charge in [-0.3, -0.25) is 19.3 Å². The molecule has 2 fully saturated rings. The van der Waals surface area contributed by atoms with E-state index in [0.717, 1.165) is 37.0 Å². The number of amides is 3. The van der Waals surface area contributed by atoms with Gasteiger partial charge >= 0.3 is 0 Å². The van der Waals surface area contributed by atoms with Crippen molar-refractivity contribution in [2.75, 3.05) is 13.7 Å². The minimum Gasteiger partial charge on any atom is -0.496 e. The van der Waals surface area contributed by atoms with Crippen molar-refractivity contribution in [2.24, 2.45) is 11.8 Å². The van der Waals surface area contributed by atoms with Gasteiger partial charge in [0.2, 0.25) is 17.7 Å². The van der Waals surface area contributed by atoms with Gasteiger partial charge in [0.15, 0.2) is 0 Å². The summed E-state index contributed by atoms with van der Waals surface area (Å²) in [7, 11) is 1.59. The van der Waals surface area contributed by atoms with E-state index in [1.54, 1.807) is 7.11 Å². The van der Waals surface area contributed by atoms with Crippen molar-refractivity contribution in [1.82, 2.24) is 10.2 Å². The Morgan fingerprint density at radius 1 is 1.16 bits per heavy atom. The third kappa shape index (κ3) is 3.67. The number of likely N-dealkylation sites (tertiary alicyclic amines) is 1. The fraction of sp³-hybridized carbons (Fsp3) is 0.526. The number of benzene rings is 1. The summed E-state index contributed by atoms with van der Waals surface area (Å²) < 4.78 is 5.25. The van der Waals surface area contributed by atoms with Gasteiger partial charge in [-0.1, -0.05) is 31.0 Å².